The van der Waals surface area contributed by atoms with E-state index in [9.17, 15) is 14.9 Å². The molecule has 2 N–H and O–H groups in total. The number of piperidine rings is 1. The van der Waals surface area contributed by atoms with Crippen LogP contribution in [0.4, 0.5) is 5.82 Å². The second-order valence-corrected chi connectivity index (χ2v) is 5.14. The summed E-state index contributed by atoms with van der Waals surface area (Å²) in [5, 5.41) is 13.9. The summed E-state index contributed by atoms with van der Waals surface area (Å²) in [7, 11) is 0. The van der Waals surface area contributed by atoms with Gasteiger partial charge in [-0.15, -0.1) is 0 Å². The Morgan fingerprint density at radius 1 is 1.42 bits per heavy atom. The van der Waals surface area contributed by atoms with Gasteiger partial charge >= 0.3 is 5.82 Å². The molecule has 0 aliphatic carbocycles. The molecular weight excluding hydrogens is 248 g/mol. The Labute approximate surface area is 110 Å². The number of hydrogen-bond donors (Lipinski definition) is 2. The number of amides is 1. The maximum absolute atomic E-state index is 12.4. The molecule has 0 aromatic carbocycles. The lowest BCUT2D eigenvalue weighted by Crippen LogP contribution is -2.48. The lowest BCUT2D eigenvalue weighted by atomic mass is 9.92. The number of nitro groups is 1. The van der Waals surface area contributed by atoms with E-state index in [0.29, 0.717) is 11.6 Å². The maximum Gasteiger partial charge on any atom is 0.321 e. The molecule has 7 nitrogen and oxygen atoms in total. The van der Waals surface area contributed by atoms with Crippen molar-refractivity contribution in [3.63, 3.8) is 0 Å². The first-order chi connectivity index (χ1) is 9.16. The molecule has 3 heterocycles. The summed E-state index contributed by atoms with van der Waals surface area (Å²) in [5.74, 6) is 0.246. The smallest absolute Gasteiger partial charge is 0.321 e. The van der Waals surface area contributed by atoms with Crippen LogP contribution in [0.1, 0.15) is 23.3 Å². The van der Waals surface area contributed by atoms with Gasteiger partial charge in [0.25, 0.3) is 5.91 Å². The summed E-state index contributed by atoms with van der Waals surface area (Å²) < 4.78 is 0. The molecule has 2 atom stereocenters. The van der Waals surface area contributed by atoms with E-state index >= 15 is 0 Å². The Kier molecular flexibility index (Phi) is 2.98. The van der Waals surface area contributed by atoms with Crippen LogP contribution in [0.15, 0.2) is 12.1 Å². The SMILES string of the molecule is O=C(c1ccc([N+](=O)[O-])[nH]1)N1CCCC2CNCC21. The molecule has 0 bridgehead atoms. The highest BCUT2D eigenvalue weighted by atomic mass is 16.6. The number of fused-ring (bicyclic) bond motifs is 1. The number of carbonyl (C=O) groups is 1. The zero-order chi connectivity index (χ0) is 13.4. The van der Waals surface area contributed by atoms with Gasteiger partial charge in [-0.1, -0.05) is 0 Å². The van der Waals surface area contributed by atoms with Crippen LogP contribution in [0.3, 0.4) is 0 Å². The third kappa shape index (κ3) is 2.10. The highest BCUT2D eigenvalue weighted by Crippen LogP contribution is 2.27. The average molecular weight is 264 g/mol. The molecule has 2 saturated heterocycles. The van der Waals surface area contributed by atoms with Crippen molar-refractivity contribution in [3.8, 4) is 0 Å². The molecule has 102 valence electrons. The Hall–Kier alpha value is -1.89. The zero-order valence-electron chi connectivity index (χ0n) is 10.5. The fourth-order valence-corrected chi connectivity index (χ4v) is 3.09. The first-order valence-electron chi connectivity index (χ1n) is 6.52. The molecule has 0 spiro atoms. The van der Waals surface area contributed by atoms with Crippen molar-refractivity contribution >= 4 is 11.7 Å². The van der Waals surface area contributed by atoms with Crippen molar-refractivity contribution in [2.45, 2.75) is 18.9 Å². The summed E-state index contributed by atoms with van der Waals surface area (Å²) in [5.41, 5.74) is 0.305. The van der Waals surface area contributed by atoms with Crippen LogP contribution in [0, 0.1) is 16.0 Å². The van der Waals surface area contributed by atoms with E-state index in [-0.39, 0.29) is 17.8 Å². The van der Waals surface area contributed by atoms with E-state index in [1.807, 2.05) is 4.90 Å². The van der Waals surface area contributed by atoms with Crippen molar-refractivity contribution < 1.29 is 9.72 Å². The fourth-order valence-electron chi connectivity index (χ4n) is 3.09. The summed E-state index contributed by atoms with van der Waals surface area (Å²) in [6, 6.07) is 3.05. The Morgan fingerprint density at radius 2 is 2.26 bits per heavy atom. The number of carbonyl (C=O) groups excluding carboxylic acids is 1. The molecule has 1 amide bonds. The normalized spacial score (nSPS) is 26.2. The van der Waals surface area contributed by atoms with Crippen LogP contribution >= 0.6 is 0 Å². The zero-order valence-corrected chi connectivity index (χ0v) is 10.5. The monoisotopic (exact) mass is 264 g/mol. The van der Waals surface area contributed by atoms with Gasteiger partial charge in [-0.05, 0) is 29.7 Å². The standard InChI is InChI=1S/C12H16N4O3/c17-12(9-3-4-11(14-9)16(18)19)15-5-1-2-8-6-13-7-10(8)15/h3-4,8,10,13-14H,1-2,5-7H2. The van der Waals surface area contributed by atoms with Crippen LogP contribution in [-0.2, 0) is 0 Å². The number of nitrogens with zero attached hydrogens (tertiary/aromatic N) is 2. The summed E-state index contributed by atoms with van der Waals surface area (Å²) in [6.45, 7) is 2.51. The molecule has 7 heteroatoms. The second-order valence-electron chi connectivity index (χ2n) is 5.14. The van der Waals surface area contributed by atoms with Gasteiger partial charge in [0.2, 0.25) is 0 Å². The summed E-state index contributed by atoms with van der Waals surface area (Å²) >= 11 is 0. The topological polar surface area (TPSA) is 91.3 Å². The van der Waals surface area contributed by atoms with Gasteiger partial charge in [0.15, 0.2) is 5.69 Å². The molecule has 2 unspecified atom stereocenters. The van der Waals surface area contributed by atoms with E-state index in [0.717, 1.165) is 32.5 Å². The van der Waals surface area contributed by atoms with Gasteiger partial charge in [0.05, 0.1) is 0 Å². The third-order valence-corrected chi connectivity index (χ3v) is 4.04. The lowest BCUT2D eigenvalue weighted by molar-refractivity contribution is -0.389. The van der Waals surface area contributed by atoms with Crippen molar-refractivity contribution in [1.29, 1.82) is 0 Å². The average Bonchev–Trinajstić information content (AvgIpc) is 3.06. The first kappa shape index (κ1) is 12.2. The van der Waals surface area contributed by atoms with E-state index in [2.05, 4.69) is 10.3 Å². The highest BCUT2D eigenvalue weighted by molar-refractivity contribution is 5.93. The number of aromatic amines is 1. The van der Waals surface area contributed by atoms with Crippen LogP contribution in [0.5, 0.6) is 0 Å². The maximum atomic E-state index is 12.4. The Balaban J connectivity index is 1.80. The molecule has 1 aromatic heterocycles. The molecule has 19 heavy (non-hydrogen) atoms. The molecule has 0 saturated carbocycles. The van der Waals surface area contributed by atoms with Gasteiger partial charge in [-0.25, -0.2) is 4.98 Å². The highest BCUT2D eigenvalue weighted by Gasteiger charge is 2.38. The molecule has 2 aliphatic rings. The molecule has 2 aliphatic heterocycles. The van der Waals surface area contributed by atoms with Gasteiger partial charge in [-0.2, -0.15) is 0 Å². The predicted molar refractivity (Wildman–Crippen MR) is 67.9 cm³/mol. The van der Waals surface area contributed by atoms with Crippen molar-refractivity contribution in [3.05, 3.63) is 27.9 Å². The largest absolute Gasteiger partial charge is 0.358 e. The molecule has 0 radical (unpaired) electrons. The van der Waals surface area contributed by atoms with Gasteiger partial charge in [-0.3, -0.25) is 4.79 Å². The van der Waals surface area contributed by atoms with Crippen molar-refractivity contribution in [1.82, 2.24) is 15.2 Å². The quantitative estimate of drug-likeness (QED) is 0.609. The Morgan fingerprint density at radius 3 is 3.00 bits per heavy atom. The second kappa shape index (κ2) is 4.65. The van der Waals surface area contributed by atoms with Crippen LogP contribution < -0.4 is 5.32 Å². The van der Waals surface area contributed by atoms with E-state index in [1.165, 1.54) is 12.1 Å². The fraction of sp³-hybridized carbons (Fsp3) is 0.583. The minimum atomic E-state index is -0.521. The number of likely N-dealkylation sites (tertiary alicyclic amines) is 1. The predicted octanol–water partition coefficient (Wildman–Crippen LogP) is 0.747. The number of nitrogens with one attached hydrogen (secondary N) is 2. The number of H-pyrrole nitrogens is 1. The Bertz CT molecular complexity index is 513. The molecule has 3 rings (SSSR count). The van der Waals surface area contributed by atoms with Crippen molar-refractivity contribution in [2.24, 2.45) is 5.92 Å². The van der Waals surface area contributed by atoms with Crippen molar-refractivity contribution in [2.75, 3.05) is 19.6 Å². The minimum absolute atomic E-state index is 0.133. The van der Waals surface area contributed by atoms with E-state index in [4.69, 9.17) is 0 Å². The number of hydrogen-bond acceptors (Lipinski definition) is 4. The first-order valence-corrected chi connectivity index (χ1v) is 6.52. The molecule has 2 fully saturated rings. The minimum Gasteiger partial charge on any atom is -0.358 e. The van der Waals surface area contributed by atoms with E-state index < -0.39 is 4.92 Å². The van der Waals surface area contributed by atoms with Gasteiger partial charge in [0.1, 0.15) is 0 Å². The number of aromatic nitrogens is 1. The van der Waals surface area contributed by atoms with Gasteiger partial charge < -0.3 is 20.3 Å². The van der Waals surface area contributed by atoms with Crippen LogP contribution in [0.25, 0.3) is 0 Å². The van der Waals surface area contributed by atoms with Crippen LogP contribution in [0.2, 0.25) is 0 Å². The lowest BCUT2D eigenvalue weighted by Gasteiger charge is -2.36. The summed E-state index contributed by atoms with van der Waals surface area (Å²) in [4.78, 5) is 27.0. The number of rotatable bonds is 2. The van der Waals surface area contributed by atoms with Gasteiger partial charge in [0, 0.05) is 31.7 Å². The van der Waals surface area contributed by atoms with E-state index in [1.54, 1.807) is 0 Å². The summed E-state index contributed by atoms with van der Waals surface area (Å²) in [6.07, 6.45) is 2.14. The molecule has 1 aromatic rings. The van der Waals surface area contributed by atoms with Crippen LogP contribution in [-0.4, -0.2) is 46.4 Å². The molecular formula is C12H16N4O3. The third-order valence-electron chi connectivity index (χ3n) is 4.04.